The molecule has 4 heteroatoms. The second-order valence-corrected chi connectivity index (χ2v) is 5.71. The van der Waals surface area contributed by atoms with Crippen molar-refractivity contribution in [1.29, 1.82) is 0 Å². The van der Waals surface area contributed by atoms with Crippen LogP contribution < -0.4 is 10.6 Å². The van der Waals surface area contributed by atoms with Gasteiger partial charge in [-0.2, -0.15) is 0 Å². The van der Waals surface area contributed by atoms with Crippen LogP contribution in [0.15, 0.2) is 22.7 Å². The topological polar surface area (TPSA) is 41.1 Å². The number of piperidine rings is 1. The van der Waals surface area contributed by atoms with Crippen molar-refractivity contribution in [2.24, 2.45) is 0 Å². The quantitative estimate of drug-likeness (QED) is 0.900. The minimum atomic E-state index is -0.00509. The predicted octanol–water partition coefficient (Wildman–Crippen LogP) is 2.52. The summed E-state index contributed by atoms with van der Waals surface area (Å²) in [5, 5.41) is 6.27. The summed E-state index contributed by atoms with van der Waals surface area (Å²) in [4.78, 5) is 12.0. The molecular formula is C14H19BrN2O. The number of carbonyl (C=O) groups is 1. The average molecular weight is 311 g/mol. The normalized spacial score (nSPS) is 19.6. The van der Waals surface area contributed by atoms with Crippen LogP contribution in [0.25, 0.3) is 0 Å². The highest BCUT2D eigenvalue weighted by Crippen LogP contribution is 2.15. The van der Waals surface area contributed by atoms with Gasteiger partial charge in [0, 0.05) is 11.0 Å². The Morgan fingerprint density at radius 3 is 3.00 bits per heavy atom. The predicted molar refractivity (Wildman–Crippen MR) is 76.4 cm³/mol. The first kappa shape index (κ1) is 13.6. The van der Waals surface area contributed by atoms with Gasteiger partial charge >= 0.3 is 0 Å². The highest BCUT2D eigenvalue weighted by Gasteiger charge is 2.19. The van der Waals surface area contributed by atoms with E-state index in [0.717, 1.165) is 23.9 Å². The molecule has 0 saturated carbocycles. The van der Waals surface area contributed by atoms with Crippen molar-refractivity contribution in [3.8, 4) is 0 Å². The number of rotatable bonds is 3. The summed E-state index contributed by atoms with van der Waals surface area (Å²) < 4.78 is 1.07. The van der Waals surface area contributed by atoms with Crippen LogP contribution in [0.3, 0.4) is 0 Å². The number of hydrogen-bond acceptors (Lipinski definition) is 2. The first-order chi connectivity index (χ1) is 8.66. The van der Waals surface area contributed by atoms with Crippen LogP contribution in [-0.4, -0.2) is 18.5 Å². The van der Waals surface area contributed by atoms with Gasteiger partial charge < -0.3 is 10.6 Å². The third-order valence-electron chi connectivity index (χ3n) is 3.38. The molecule has 0 aromatic heterocycles. The van der Waals surface area contributed by atoms with Gasteiger partial charge in [-0.15, -0.1) is 0 Å². The van der Waals surface area contributed by atoms with Gasteiger partial charge in [0.15, 0.2) is 0 Å². The number of carbonyl (C=O) groups excluding carboxylic acids is 1. The molecule has 1 fully saturated rings. The molecule has 18 heavy (non-hydrogen) atoms. The second kappa shape index (κ2) is 6.34. The van der Waals surface area contributed by atoms with Crippen molar-refractivity contribution < 1.29 is 4.79 Å². The molecule has 1 heterocycles. The molecule has 98 valence electrons. The van der Waals surface area contributed by atoms with Crippen LogP contribution in [0.5, 0.6) is 0 Å². The molecule has 1 aliphatic rings. The second-order valence-electron chi connectivity index (χ2n) is 4.79. The first-order valence-corrected chi connectivity index (χ1v) is 7.22. The third kappa shape index (κ3) is 3.56. The smallest absolute Gasteiger partial charge is 0.237 e. The van der Waals surface area contributed by atoms with Crippen molar-refractivity contribution in [2.75, 3.05) is 6.54 Å². The fourth-order valence-corrected chi connectivity index (χ4v) is 2.71. The van der Waals surface area contributed by atoms with Crippen molar-refractivity contribution in [3.05, 3.63) is 33.8 Å². The third-order valence-corrected chi connectivity index (χ3v) is 3.88. The highest BCUT2D eigenvalue weighted by atomic mass is 79.9. The average Bonchev–Trinajstić information content (AvgIpc) is 2.38. The lowest BCUT2D eigenvalue weighted by Crippen LogP contribution is -2.46. The molecule has 1 aromatic rings. The van der Waals surface area contributed by atoms with E-state index in [1.165, 1.54) is 17.5 Å². The Hall–Kier alpha value is -0.870. The lowest BCUT2D eigenvalue weighted by molar-refractivity contribution is -0.123. The summed E-state index contributed by atoms with van der Waals surface area (Å²) in [5.41, 5.74) is 2.36. The fraction of sp³-hybridized carbons (Fsp3) is 0.500. The summed E-state index contributed by atoms with van der Waals surface area (Å²) in [5.74, 6) is 0.122. The lowest BCUT2D eigenvalue weighted by atomic mass is 10.0. The summed E-state index contributed by atoms with van der Waals surface area (Å²) >= 11 is 3.44. The number of benzene rings is 1. The van der Waals surface area contributed by atoms with Crippen LogP contribution in [-0.2, 0) is 11.3 Å². The van der Waals surface area contributed by atoms with E-state index in [9.17, 15) is 4.79 Å². The van der Waals surface area contributed by atoms with Crippen LogP contribution in [0.2, 0.25) is 0 Å². The Morgan fingerprint density at radius 1 is 1.50 bits per heavy atom. The van der Waals surface area contributed by atoms with E-state index in [1.807, 2.05) is 12.1 Å². The lowest BCUT2D eigenvalue weighted by Gasteiger charge is -2.22. The maximum atomic E-state index is 12.0. The van der Waals surface area contributed by atoms with Gasteiger partial charge in [-0.1, -0.05) is 28.4 Å². The zero-order chi connectivity index (χ0) is 13.0. The number of aryl methyl sites for hydroxylation is 1. The standard InChI is InChI=1S/C14H19BrN2O/c1-10-8-12(15)6-5-11(10)9-17-14(18)13-4-2-3-7-16-13/h5-6,8,13,16H,2-4,7,9H2,1H3,(H,17,18). The largest absolute Gasteiger partial charge is 0.351 e. The molecule has 1 unspecified atom stereocenters. The molecule has 3 nitrogen and oxygen atoms in total. The summed E-state index contributed by atoms with van der Waals surface area (Å²) in [6.45, 7) is 3.62. The van der Waals surface area contributed by atoms with Crippen LogP contribution >= 0.6 is 15.9 Å². The summed E-state index contributed by atoms with van der Waals surface area (Å²) in [7, 11) is 0. The van der Waals surface area contributed by atoms with Crippen molar-refractivity contribution >= 4 is 21.8 Å². The molecule has 1 atom stereocenters. The summed E-state index contributed by atoms with van der Waals surface area (Å²) in [6.07, 6.45) is 3.27. The van der Waals surface area contributed by atoms with Crippen molar-refractivity contribution in [1.82, 2.24) is 10.6 Å². The van der Waals surface area contributed by atoms with Gasteiger partial charge in [0.05, 0.1) is 6.04 Å². The zero-order valence-corrected chi connectivity index (χ0v) is 12.2. The number of amides is 1. The van der Waals surface area contributed by atoms with Crippen LogP contribution in [0, 0.1) is 6.92 Å². The molecule has 1 amide bonds. The molecule has 1 aromatic carbocycles. The van der Waals surface area contributed by atoms with E-state index >= 15 is 0 Å². The maximum Gasteiger partial charge on any atom is 0.237 e. The van der Waals surface area contributed by atoms with E-state index in [2.05, 4.69) is 39.6 Å². The molecule has 0 aliphatic carbocycles. The zero-order valence-electron chi connectivity index (χ0n) is 10.6. The minimum absolute atomic E-state index is 0.00509. The summed E-state index contributed by atoms with van der Waals surface area (Å²) in [6, 6.07) is 6.12. The van der Waals surface area contributed by atoms with E-state index in [0.29, 0.717) is 6.54 Å². The highest BCUT2D eigenvalue weighted by molar-refractivity contribution is 9.10. The monoisotopic (exact) mass is 310 g/mol. The van der Waals surface area contributed by atoms with E-state index in [-0.39, 0.29) is 11.9 Å². The molecule has 2 N–H and O–H groups in total. The molecule has 0 radical (unpaired) electrons. The number of hydrogen-bond donors (Lipinski definition) is 2. The molecule has 1 aliphatic heterocycles. The first-order valence-electron chi connectivity index (χ1n) is 6.43. The Morgan fingerprint density at radius 2 is 2.33 bits per heavy atom. The van der Waals surface area contributed by atoms with E-state index < -0.39 is 0 Å². The molecule has 1 saturated heterocycles. The Labute approximate surface area is 116 Å². The molecular weight excluding hydrogens is 292 g/mol. The molecule has 0 bridgehead atoms. The molecule has 2 rings (SSSR count). The van der Waals surface area contributed by atoms with E-state index in [1.54, 1.807) is 0 Å². The van der Waals surface area contributed by atoms with Gasteiger partial charge in [0.25, 0.3) is 0 Å². The van der Waals surface area contributed by atoms with Gasteiger partial charge in [0.1, 0.15) is 0 Å². The maximum absolute atomic E-state index is 12.0. The van der Waals surface area contributed by atoms with Gasteiger partial charge in [0.2, 0.25) is 5.91 Å². The van der Waals surface area contributed by atoms with Crippen molar-refractivity contribution in [2.45, 2.75) is 38.8 Å². The Kier molecular flexibility index (Phi) is 4.78. The van der Waals surface area contributed by atoms with Crippen LogP contribution in [0.4, 0.5) is 0 Å². The van der Waals surface area contributed by atoms with Gasteiger partial charge in [-0.25, -0.2) is 0 Å². The van der Waals surface area contributed by atoms with E-state index in [4.69, 9.17) is 0 Å². The SMILES string of the molecule is Cc1cc(Br)ccc1CNC(=O)C1CCCCN1. The Bertz CT molecular complexity index is 428. The van der Waals surface area contributed by atoms with Crippen LogP contribution in [0.1, 0.15) is 30.4 Å². The van der Waals surface area contributed by atoms with Crippen molar-refractivity contribution in [3.63, 3.8) is 0 Å². The molecule has 0 spiro atoms. The van der Waals surface area contributed by atoms with Gasteiger partial charge in [-0.05, 0) is 49.6 Å². The number of nitrogens with one attached hydrogen (secondary N) is 2. The Balaban J connectivity index is 1.88. The fourth-order valence-electron chi connectivity index (χ4n) is 2.24. The number of halogens is 1. The van der Waals surface area contributed by atoms with Gasteiger partial charge in [-0.3, -0.25) is 4.79 Å². The minimum Gasteiger partial charge on any atom is -0.351 e.